The van der Waals surface area contributed by atoms with Gasteiger partial charge in [-0.3, -0.25) is 0 Å². The fourth-order valence-electron chi connectivity index (χ4n) is 2.28. The number of hydrogen-bond acceptors (Lipinski definition) is 5. The second kappa shape index (κ2) is 4.68. The standard InChI is InChI=1S/C13H20N2O3S/c1-13(16)5-7-15(8-6-13)12-4-3-10(9-11(12)14)19(2,17)18/h3-4,9,16H,5-8,14H2,1-2H3. The molecular weight excluding hydrogens is 264 g/mol. The summed E-state index contributed by atoms with van der Waals surface area (Å²) >= 11 is 0. The minimum Gasteiger partial charge on any atom is -0.397 e. The zero-order chi connectivity index (χ0) is 14.3. The van der Waals surface area contributed by atoms with Crippen molar-refractivity contribution in [1.82, 2.24) is 0 Å². The highest BCUT2D eigenvalue weighted by Crippen LogP contribution is 2.31. The second-order valence-electron chi connectivity index (χ2n) is 5.48. The molecule has 1 aromatic carbocycles. The fraction of sp³-hybridized carbons (Fsp3) is 0.538. The zero-order valence-corrected chi connectivity index (χ0v) is 12.1. The summed E-state index contributed by atoms with van der Waals surface area (Å²) in [6, 6.07) is 4.82. The molecule has 1 aliphatic heterocycles. The first-order valence-electron chi connectivity index (χ1n) is 6.26. The number of hydrogen-bond donors (Lipinski definition) is 2. The number of rotatable bonds is 2. The van der Waals surface area contributed by atoms with Crippen LogP contribution < -0.4 is 10.6 Å². The predicted octanol–water partition coefficient (Wildman–Crippen LogP) is 1.02. The van der Waals surface area contributed by atoms with Crippen molar-refractivity contribution < 1.29 is 13.5 Å². The summed E-state index contributed by atoms with van der Waals surface area (Å²) in [5.74, 6) is 0. The minimum atomic E-state index is -3.23. The Morgan fingerprint density at radius 3 is 2.37 bits per heavy atom. The highest BCUT2D eigenvalue weighted by atomic mass is 32.2. The zero-order valence-electron chi connectivity index (χ0n) is 11.3. The molecule has 0 radical (unpaired) electrons. The quantitative estimate of drug-likeness (QED) is 0.792. The van der Waals surface area contributed by atoms with E-state index < -0.39 is 15.4 Å². The van der Waals surface area contributed by atoms with Crippen LogP contribution in [0.5, 0.6) is 0 Å². The Hall–Kier alpha value is -1.27. The van der Waals surface area contributed by atoms with Gasteiger partial charge in [0.1, 0.15) is 0 Å². The van der Waals surface area contributed by atoms with E-state index in [9.17, 15) is 13.5 Å². The van der Waals surface area contributed by atoms with Gasteiger partial charge in [-0.2, -0.15) is 0 Å². The first kappa shape index (κ1) is 14.1. The molecule has 1 fully saturated rings. The molecule has 0 spiro atoms. The van der Waals surface area contributed by atoms with Crippen molar-refractivity contribution >= 4 is 21.2 Å². The molecule has 0 atom stereocenters. The number of anilines is 2. The number of aliphatic hydroxyl groups is 1. The molecule has 0 amide bonds. The molecule has 5 nitrogen and oxygen atoms in total. The molecule has 19 heavy (non-hydrogen) atoms. The maximum Gasteiger partial charge on any atom is 0.175 e. The third kappa shape index (κ3) is 3.19. The van der Waals surface area contributed by atoms with Crippen LogP contribution in [0.15, 0.2) is 23.1 Å². The van der Waals surface area contributed by atoms with E-state index >= 15 is 0 Å². The lowest BCUT2D eigenvalue weighted by Crippen LogP contribution is -2.42. The van der Waals surface area contributed by atoms with E-state index in [0.717, 1.165) is 18.8 Å². The lowest BCUT2D eigenvalue weighted by Gasteiger charge is -2.37. The van der Waals surface area contributed by atoms with Gasteiger partial charge in [0.2, 0.25) is 0 Å². The Morgan fingerprint density at radius 1 is 1.32 bits per heavy atom. The lowest BCUT2D eigenvalue weighted by atomic mass is 9.93. The molecule has 1 aromatic rings. The number of sulfone groups is 1. The summed E-state index contributed by atoms with van der Waals surface area (Å²) in [6.07, 6.45) is 2.53. The predicted molar refractivity (Wildman–Crippen MR) is 76.0 cm³/mol. The SMILES string of the molecule is CC1(O)CCN(c2ccc(S(C)(=O)=O)cc2N)CC1. The van der Waals surface area contributed by atoms with Crippen molar-refractivity contribution in [3.05, 3.63) is 18.2 Å². The van der Waals surface area contributed by atoms with Gasteiger partial charge >= 0.3 is 0 Å². The van der Waals surface area contributed by atoms with Crippen LogP contribution in [0.1, 0.15) is 19.8 Å². The molecule has 6 heteroatoms. The van der Waals surface area contributed by atoms with E-state index in [1.807, 2.05) is 6.92 Å². The van der Waals surface area contributed by atoms with Gasteiger partial charge in [-0.15, -0.1) is 0 Å². The Balaban J connectivity index is 2.23. The van der Waals surface area contributed by atoms with Gasteiger partial charge in [-0.05, 0) is 38.0 Å². The Bertz CT molecular complexity index is 572. The summed E-state index contributed by atoms with van der Waals surface area (Å²) in [6.45, 7) is 3.27. The molecule has 1 saturated heterocycles. The van der Waals surface area contributed by atoms with E-state index in [1.54, 1.807) is 12.1 Å². The third-order valence-electron chi connectivity index (χ3n) is 3.61. The van der Waals surface area contributed by atoms with Gasteiger partial charge < -0.3 is 15.7 Å². The first-order chi connectivity index (χ1) is 8.69. The average molecular weight is 284 g/mol. The first-order valence-corrected chi connectivity index (χ1v) is 8.15. The smallest absolute Gasteiger partial charge is 0.175 e. The van der Waals surface area contributed by atoms with Crippen LogP contribution in [0.25, 0.3) is 0 Å². The number of nitrogen functional groups attached to an aromatic ring is 1. The third-order valence-corrected chi connectivity index (χ3v) is 4.72. The molecule has 0 aliphatic carbocycles. The Morgan fingerprint density at radius 2 is 1.89 bits per heavy atom. The molecule has 3 N–H and O–H groups in total. The van der Waals surface area contributed by atoms with Gasteiger partial charge in [0.15, 0.2) is 9.84 Å². The van der Waals surface area contributed by atoms with Crippen LogP contribution in [-0.4, -0.2) is 38.5 Å². The van der Waals surface area contributed by atoms with E-state index in [1.165, 1.54) is 12.3 Å². The molecule has 106 valence electrons. The minimum absolute atomic E-state index is 0.234. The van der Waals surface area contributed by atoms with E-state index in [2.05, 4.69) is 4.90 Å². The van der Waals surface area contributed by atoms with Crippen molar-refractivity contribution in [2.45, 2.75) is 30.3 Å². The van der Waals surface area contributed by atoms with Gasteiger partial charge in [0.25, 0.3) is 0 Å². The van der Waals surface area contributed by atoms with Crippen molar-refractivity contribution in [1.29, 1.82) is 0 Å². The molecule has 0 saturated carbocycles. The van der Waals surface area contributed by atoms with Crippen molar-refractivity contribution in [3.63, 3.8) is 0 Å². The van der Waals surface area contributed by atoms with Crippen LogP contribution in [0.3, 0.4) is 0 Å². The molecule has 0 aromatic heterocycles. The van der Waals surface area contributed by atoms with E-state index in [-0.39, 0.29) is 4.90 Å². The molecule has 0 unspecified atom stereocenters. The Kier molecular flexibility index (Phi) is 3.49. The topological polar surface area (TPSA) is 83.6 Å². The van der Waals surface area contributed by atoms with Gasteiger partial charge in [-0.25, -0.2) is 8.42 Å². The fourth-order valence-corrected chi connectivity index (χ4v) is 2.94. The van der Waals surface area contributed by atoms with E-state index in [4.69, 9.17) is 5.73 Å². The summed E-state index contributed by atoms with van der Waals surface area (Å²) in [7, 11) is -3.23. The van der Waals surface area contributed by atoms with Crippen molar-refractivity contribution in [2.75, 3.05) is 30.0 Å². The molecule has 1 aliphatic rings. The number of benzene rings is 1. The molecular formula is C13H20N2O3S. The van der Waals surface area contributed by atoms with Crippen LogP contribution in [0, 0.1) is 0 Å². The van der Waals surface area contributed by atoms with E-state index in [0.29, 0.717) is 18.5 Å². The summed E-state index contributed by atoms with van der Waals surface area (Å²) in [4.78, 5) is 2.32. The van der Waals surface area contributed by atoms with Crippen LogP contribution in [0.4, 0.5) is 11.4 Å². The molecule has 2 rings (SSSR count). The van der Waals surface area contributed by atoms with Crippen molar-refractivity contribution in [3.8, 4) is 0 Å². The highest BCUT2D eigenvalue weighted by molar-refractivity contribution is 7.90. The summed E-state index contributed by atoms with van der Waals surface area (Å²) in [5, 5.41) is 9.92. The number of nitrogens with two attached hydrogens (primary N) is 1. The molecule has 0 bridgehead atoms. The second-order valence-corrected chi connectivity index (χ2v) is 7.49. The van der Waals surface area contributed by atoms with Gasteiger partial charge in [0.05, 0.1) is 21.9 Å². The highest BCUT2D eigenvalue weighted by Gasteiger charge is 2.28. The van der Waals surface area contributed by atoms with Crippen LogP contribution >= 0.6 is 0 Å². The number of nitrogens with zero attached hydrogens (tertiary/aromatic N) is 1. The number of piperidine rings is 1. The molecule has 1 heterocycles. The van der Waals surface area contributed by atoms with Crippen LogP contribution in [0.2, 0.25) is 0 Å². The summed E-state index contributed by atoms with van der Waals surface area (Å²) < 4.78 is 22.9. The normalized spacial score (nSPS) is 19.4. The van der Waals surface area contributed by atoms with Crippen LogP contribution in [-0.2, 0) is 9.84 Å². The largest absolute Gasteiger partial charge is 0.397 e. The van der Waals surface area contributed by atoms with Gasteiger partial charge in [-0.1, -0.05) is 0 Å². The monoisotopic (exact) mass is 284 g/mol. The lowest BCUT2D eigenvalue weighted by molar-refractivity contribution is 0.0351. The average Bonchev–Trinajstić information content (AvgIpc) is 2.28. The summed E-state index contributed by atoms with van der Waals surface area (Å²) in [5.41, 5.74) is 6.63. The Labute approximate surface area is 113 Å². The maximum atomic E-state index is 11.5. The van der Waals surface area contributed by atoms with Crippen molar-refractivity contribution in [2.24, 2.45) is 0 Å². The van der Waals surface area contributed by atoms with Gasteiger partial charge in [0, 0.05) is 19.3 Å². The maximum absolute atomic E-state index is 11.5.